The van der Waals surface area contributed by atoms with Crippen molar-refractivity contribution in [3.8, 4) is 0 Å². The third-order valence-electron chi connectivity index (χ3n) is 5.19. The first-order chi connectivity index (χ1) is 15.5. The molecule has 3 aromatic carbocycles. The highest BCUT2D eigenvalue weighted by atomic mass is 32.2. The Morgan fingerprint density at radius 3 is 2.22 bits per heavy atom. The van der Waals surface area contributed by atoms with Gasteiger partial charge in [0.25, 0.3) is 0 Å². The number of carbonyl (C=O) groups is 2. The lowest BCUT2D eigenvalue weighted by Gasteiger charge is -2.13. The van der Waals surface area contributed by atoms with Gasteiger partial charge < -0.3 is 5.11 Å². The Balaban J connectivity index is 1.88. The van der Waals surface area contributed by atoms with Crippen LogP contribution in [-0.4, -0.2) is 31.9 Å². The lowest BCUT2D eigenvalue weighted by molar-refractivity contribution is -0.130. The molecule has 0 aliphatic heterocycles. The van der Waals surface area contributed by atoms with Crippen LogP contribution >= 0.6 is 23.5 Å². The number of aryl methyl sites for hydroxylation is 1. The molecule has 4 rings (SSSR count). The first-order valence-electron chi connectivity index (χ1n) is 9.89. The molecule has 1 aromatic heterocycles. The minimum atomic E-state index is -1.15. The standard InChI is InChI=1S/C25H20N2O3S2/c1-15-3-5-16(6-4-15)13-20(24(28)17-7-10-19(31-2)11-8-17)23(25(29)30)18-9-12-21-22(14-18)27-32-26-21/h3-12,14H,13H2,1-2H3,(H,29,30)/b23-20+. The maximum Gasteiger partial charge on any atom is 0.336 e. The molecule has 0 saturated heterocycles. The lowest BCUT2D eigenvalue weighted by atomic mass is 9.89. The number of carboxylic acid groups (broad SMARTS) is 1. The maximum atomic E-state index is 13.6. The molecule has 160 valence electrons. The average molecular weight is 461 g/mol. The molecule has 0 atom stereocenters. The van der Waals surface area contributed by atoms with Gasteiger partial charge in [-0.05, 0) is 60.7 Å². The summed E-state index contributed by atoms with van der Waals surface area (Å²) in [7, 11) is 0. The normalized spacial score (nSPS) is 11.9. The molecular weight excluding hydrogens is 440 g/mol. The molecule has 0 unspecified atom stereocenters. The highest BCUT2D eigenvalue weighted by Gasteiger charge is 2.24. The molecule has 32 heavy (non-hydrogen) atoms. The quantitative estimate of drug-likeness (QED) is 0.217. The van der Waals surface area contributed by atoms with E-state index >= 15 is 0 Å². The summed E-state index contributed by atoms with van der Waals surface area (Å²) in [5.41, 5.74) is 4.39. The Labute approximate surface area is 194 Å². The van der Waals surface area contributed by atoms with Crippen LogP contribution in [-0.2, 0) is 11.2 Å². The van der Waals surface area contributed by atoms with Gasteiger partial charge in [-0.3, -0.25) is 4.79 Å². The minimum Gasteiger partial charge on any atom is -0.478 e. The number of thioether (sulfide) groups is 1. The van der Waals surface area contributed by atoms with Crippen molar-refractivity contribution in [1.29, 1.82) is 0 Å². The van der Waals surface area contributed by atoms with Gasteiger partial charge in [0.15, 0.2) is 5.78 Å². The fraction of sp³-hybridized carbons (Fsp3) is 0.120. The van der Waals surface area contributed by atoms with E-state index in [0.29, 0.717) is 22.2 Å². The summed E-state index contributed by atoms with van der Waals surface area (Å²) in [4.78, 5) is 27.1. The summed E-state index contributed by atoms with van der Waals surface area (Å²) in [5.74, 6) is -1.45. The highest BCUT2D eigenvalue weighted by Crippen LogP contribution is 2.28. The summed E-state index contributed by atoms with van der Waals surface area (Å²) < 4.78 is 8.41. The van der Waals surface area contributed by atoms with Crippen LogP contribution in [0.2, 0.25) is 0 Å². The predicted molar refractivity (Wildman–Crippen MR) is 129 cm³/mol. The van der Waals surface area contributed by atoms with Crippen molar-refractivity contribution >= 4 is 51.8 Å². The highest BCUT2D eigenvalue weighted by molar-refractivity contribution is 7.98. The molecule has 7 heteroatoms. The zero-order valence-electron chi connectivity index (χ0n) is 17.5. The fourth-order valence-electron chi connectivity index (χ4n) is 3.47. The van der Waals surface area contributed by atoms with Gasteiger partial charge in [0.05, 0.1) is 17.3 Å². The number of fused-ring (bicyclic) bond motifs is 1. The summed E-state index contributed by atoms with van der Waals surface area (Å²) in [6.45, 7) is 1.98. The molecule has 0 aliphatic rings. The smallest absolute Gasteiger partial charge is 0.336 e. The lowest BCUT2D eigenvalue weighted by Crippen LogP contribution is -2.14. The minimum absolute atomic E-state index is 0.0144. The van der Waals surface area contributed by atoms with E-state index < -0.39 is 5.97 Å². The molecule has 0 bridgehead atoms. The van der Waals surface area contributed by atoms with Crippen LogP contribution in [0.1, 0.15) is 27.0 Å². The summed E-state index contributed by atoms with van der Waals surface area (Å²) in [5, 5.41) is 10.2. The van der Waals surface area contributed by atoms with Crippen molar-refractivity contribution in [2.24, 2.45) is 0 Å². The van der Waals surface area contributed by atoms with Crippen LogP contribution in [0.5, 0.6) is 0 Å². The molecule has 0 fully saturated rings. The number of hydrogen-bond donors (Lipinski definition) is 1. The van der Waals surface area contributed by atoms with Crippen LogP contribution in [0.3, 0.4) is 0 Å². The van der Waals surface area contributed by atoms with Gasteiger partial charge in [-0.15, -0.1) is 11.8 Å². The number of aromatic nitrogens is 2. The maximum absolute atomic E-state index is 13.6. The molecule has 0 aliphatic carbocycles. The second-order valence-corrected chi connectivity index (χ2v) is 8.75. The molecule has 0 amide bonds. The molecule has 0 saturated carbocycles. The van der Waals surface area contributed by atoms with Crippen LogP contribution < -0.4 is 0 Å². The van der Waals surface area contributed by atoms with Gasteiger partial charge in [0.2, 0.25) is 0 Å². The van der Waals surface area contributed by atoms with Crippen molar-refractivity contribution in [1.82, 2.24) is 8.75 Å². The second-order valence-electron chi connectivity index (χ2n) is 7.35. The number of carboxylic acids is 1. The second kappa shape index (κ2) is 9.46. The number of aliphatic carboxylic acids is 1. The van der Waals surface area contributed by atoms with E-state index in [0.717, 1.165) is 27.8 Å². The summed E-state index contributed by atoms with van der Waals surface area (Å²) >= 11 is 2.65. The van der Waals surface area contributed by atoms with Gasteiger partial charge in [-0.2, -0.15) is 8.75 Å². The largest absolute Gasteiger partial charge is 0.478 e. The number of nitrogens with zero attached hydrogens (tertiary/aromatic N) is 2. The monoisotopic (exact) mass is 460 g/mol. The Morgan fingerprint density at radius 2 is 1.56 bits per heavy atom. The Morgan fingerprint density at radius 1 is 0.906 bits per heavy atom. The number of ketones is 1. The topological polar surface area (TPSA) is 80.2 Å². The number of carbonyl (C=O) groups excluding carboxylic acids is 1. The number of rotatable bonds is 7. The molecule has 1 heterocycles. The van der Waals surface area contributed by atoms with Crippen molar-refractivity contribution < 1.29 is 14.7 Å². The van der Waals surface area contributed by atoms with Crippen LogP contribution in [0.4, 0.5) is 0 Å². The van der Waals surface area contributed by atoms with Crippen LogP contribution in [0.25, 0.3) is 16.6 Å². The van der Waals surface area contributed by atoms with Gasteiger partial charge in [-0.25, -0.2) is 4.79 Å². The summed E-state index contributed by atoms with van der Waals surface area (Å²) in [6.07, 6.45) is 2.17. The Kier molecular flexibility index (Phi) is 6.48. The fourth-order valence-corrected chi connectivity index (χ4v) is 4.40. The first-order valence-corrected chi connectivity index (χ1v) is 11.8. The van der Waals surface area contributed by atoms with Crippen molar-refractivity contribution in [3.05, 3.63) is 94.6 Å². The SMILES string of the molecule is CSc1ccc(C(=O)/C(Cc2ccc(C)cc2)=C(/C(=O)O)c2ccc3nsnc3c2)cc1. The van der Waals surface area contributed by atoms with Crippen molar-refractivity contribution in [2.75, 3.05) is 6.26 Å². The zero-order valence-corrected chi connectivity index (χ0v) is 19.2. The van der Waals surface area contributed by atoms with Crippen molar-refractivity contribution in [3.63, 3.8) is 0 Å². The van der Waals surface area contributed by atoms with E-state index in [4.69, 9.17) is 0 Å². The molecule has 0 spiro atoms. The van der Waals surface area contributed by atoms with Crippen LogP contribution in [0.15, 0.2) is 77.2 Å². The number of benzene rings is 3. The van der Waals surface area contributed by atoms with E-state index in [1.807, 2.05) is 49.6 Å². The van der Waals surface area contributed by atoms with Gasteiger partial charge >= 0.3 is 5.97 Å². The zero-order chi connectivity index (χ0) is 22.7. The Bertz CT molecular complexity index is 1320. The molecule has 1 N–H and O–H groups in total. The van der Waals surface area contributed by atoms with E-state index in [9.17, 15) is 14.7 Å². The van der Waals surface area contributed by atoms with Gasteiger partial charge in [-0.1, -0.05) is 35.9 Å². The molecule has 5 nitrogen and oxygen atoms in total. The number of hydrogen-bond acceptors (Lipinski definition) is 6. The van der Waals surface area contributed by atoms with Crippen molar-refractivity contribution in [2.45, 2.75) is 18.2 Å². The van der Waals surface area contributed by atoms with E-state index in [2.05, 4.69) is 8.75 Å². The van der Waals surface area contributed by atoms with E-state index in [1.54, 1.807) is 42.1 Å². The Hall–Kier alpha value is -3.29. The van der Waals surface area contributed by atoms with Crippen LogP contribution in [0, 0.1) is 6.92 Å². The molecular formula is C25H20N2O3S2. The summed E-state index contributed by atoms with van der Waals surface area (Å²) in [6, 6.07) is 20.1. The predicted octanol–water partition coefficient (Wildman–Crippen LogP) is 5.69. The first kappa shape index (κ1) is 21.9. The average Bonchev–Trinajstić information content (AvgIpc) is 3.27. The number of Topliss-reactive ketones (excluding diaryl/α,β-unsaturated/α-hetero) is 1. The van der Waals surface area contributed by atoms with Gasteiger partial charge in [0.1, 0.15) is 11.0 Å². The third kappa shape index (κ3) is 4.64. The van der Waals surface area contributed by atoms with E-state index in [1.165, 1.54) is 0 Å². The number of allylic oxidation sites excluding steroid dienone is 1. The van der Waals surface area contributed by atoms with Gasteiger partial charge in [0, 0.05) is 22.5 Å². The molecule has 4 aromatic rings. The third-order valence-corrected chi connectivity index (χ3v) is 6.49. The molecule has 0 radical (unpaired) electrons. The van der Waals surface area contributed by atoms with E-state index in [-0.39, 0.29) is 23.4 Å².